The van der Waals surface area contributed by atoms with Crippen LogP contribution in [-0.4, -0.2) is 59.8 Å². The first-order chi connectivity index (χ1) is 12.5. The summed E-state index contributed by atoms with van der Waals surface area (Å²) in [4.78, 5) is 61.0. The lowest BCUT2D eigenvalue weighted by atomic mass is 10.3. The number of aliphatic carboxylic acids is 1. The number of carbonyl (C=O) groups is 6. The Bertz CT molecular complexity index is 430. The van der Waals surface area contributed by atoms with Crippen LogP contribution in [0.15, 0.2) is 0 Å². The van der Waals surface area contributed by atoms with E-state index in [-0.39, 0.29) is 31.8 Å². The number of carbonyl (C=O) groups excluding carboxylic acids is 5. The average Bonchev–Trinajstić information content (AvgIpc) is 2.46. The largest absolute Gasteiger partial charge is 0.481 e. The van der Waals surface area contributed by atoms with Gasteiger partial charge in [-0.05, 0) is 39.3 Å². The van der Waals surface area contributed by atoms with Gasteiger partial charge in [-0.1, -0.05) is 0 Å². The highest BCUT2D eigenvalue weighted by Crippen LogP contribution is 1.91. The van der Waals surface area contributed by atoms with Gasteiger partial charge in [0.25, 0.3) is 0 Å². The standard InChI is InChI=1S/C6H10O3.C5H7ClO3.C5H8O4/c1-3-9-6(8)4-5(2)7;2*1-2-9-5(8)3-4(6)7/h3-4H2,1-2H3;2-3H2,1H3;2-3H2,1H3,(H,6,7). The second-order valence-electron chi connectivity index (χ2n) is 4.40. The summed E-state index contributed by atoms with van der Waals surface area (Å²) in [5.41, 5.74) is 0. The molecular formula is C16H25ClO10. The Kier molecular flexibility index (Phi) is 21.5. The van der Waals surface area contributed by atoms with E-state index in [2.05, 4.69) is 14.2 Å². The van der Waals surface area contributed by atoms with E-state index in [1.807, 2.05) is 0 Å². The number of esters is 3. The van der Waals surface area contributed by atoms with Crippen LogP contribution < -0.4 is 0 Å². The van der Waals surface area contributed by atoms with Gasteiger partial charge in [-0.25, -0.2) is 0 Å². The fraction of sp³-hybridized carbons (Fsp3) is 0.625. The van der Waals surface area contributed by atoms with E-state index in [9.17, 15) is 28.8 Å². The van der Waals surface area contributed by atoms with Crippen molar-refractivity contribution in [1.29, 1.82) is 0 Å². The third-order valence-electron chi connectivity index (χ3n) is 1.89. The molecule has 0 unspecified atom stereocenters. The number of rotatable bonds is 9. The van der Waals surface area contributed by atoms with Crippen molar-refractivity contribution in [1.82, 2.24) is 0 Å². The summed E-state index contributed by atoms with van der Waals surface area (Å²) < 4.78 is 13.2. The molecular weight excluding hydrogens is 388 g/mol. The van der Waals surface area contributed by atoms with Gasteiger partial charge in [-0.15, -0.1) is 0 Å². The van der Waals surface area contributed by atoms with Gasteiger partial charge in [-0.2, -0.15) is 0 Å². The molecule has 0 saturated carbocycles. The summed E-state index contributed by atoms with van der Waals surface area (Å²) in [7, 11) is 0. The van der Waals surface area contributed by atoms with Gasteiger partial charge in [0.1, 0.15) is 25.0 Å². The van der Waals surface area contributed by atoms with Gasteiger partial charge in [0.05, 0.1) is 19.8 Å². The van der Waals surface area contributed by atoms with Gasteiger partial charge in [-0.3, -0.25) is 28.8 Å². The Morgan fingerprint density at radius 1 is 0.704 bits per heavy atom. The second-order valence-corrected chi connectivity index (χ2v) is 4.82. The molecule has 0 aliphatic rings. The van der Waals surface area contributed by atoms with Crippen LogP contribution in [0.25, 0.3) is 0 Å². The molecule has 0 fully saturated rings. The van der Waals surface area contributed by atoms with Crippen molar-refractivity contribution in [3.05, 3.63) is 0 Å². The Morgan fingerprint density at radius 3 is 1.30 bits per heavy atom. The predicted octanol–water partition coefficient (Wildman–Crippen LogP) is 1.26. The SMILES string of the molecule is CCOC(=O)CC(=O)Cl.CCOC(=O)CC(=O)O.CCOC(=O)CC(C)=O. The van der Waals surface area contributed by atoms with Gasteiger partial charge in [0.2, 0.25) is 5.24 Å². The molecule has 0 spiro atoms. The number of hydrogen-bond acceptors (Lipinski definition) is 9. The maximum Gasteiger partial charge on any atom is 0.317 e. The smallest absolute Gasteiger partial charge is 0.317 e. The van der Waals surface area contributed by atoms with Crippen LogP contribution in [-0.2, 0) is 43.0 Å². The molecule has 0 rings (SSSR count). The molecule has 0 aromatic heterocycles. The van der Waals surface area contributed by atoms with E-state index in [0.29, 0.717) is 6.61 Å². The predicted molar refractivity (Wildman–Crippen MR) is 92.9 cm³/mol. The molecule has 0 amide bonds. The molecule has 10 nitrogen and oxygen atoms in total. The van der Waals surface area contributed by atoms with E-state index in [0.717, 1.165) is 0 Å². The summed E-state index contributed by atoms with van der Waals surface area (Å²) in [6, 6.07) is 0. The van der Waals surface area contributed by atoms with Crippen molar-refractivity contribution in [2.45, 2.75) is 47.0 Å². The Morgan fingerprint density at radius 2 is 1.04 bits per heavy atom. The van der Waals surface area contributed by atoms with Crippen molar-refractivity contribution >= 4 is 46.5 Å². The van der Waals surface area contributed by atoms with Crippen LogP contribution in [0.5, 0.6) is 0 Å². The molecule has 11 heteroatoms. The average molecular weight is 413 g/mol. The van der Waals surface area contributed by atoms with Crippen molar-refractivity contribution in [3.63, 3.8) is 0 Å². The van der Waals surface area contributed by atoms with Gasteiger partial charge in [0.15, 0.2) is 0 Å². The molecule has 0 radical (unpaired) electrons. The quantitative estimate of drug-likeness (QED) is 0.253. The second kappa shape index (κ2) is 19.8. The number of carboxylic acids is 1. The van der Waals surface area contributed by atoms with Crippen LogP contribution in [0.3, 0.4) is 0 Å². The molecule has 0 aliphatic heterocycles. The molecule has 156 valence electrons. The van der Waals surface area contributed by atoms with E-state index >= 15 is 0 Å². The Hall–Kier alpha value is -2.49. The highest BCUT2D eigenvalue weighted by atomic mass is 35.5. The first kappa shape index (κ1) is 29.3. The highest BCUT2D eigenvalue weighted by Gasteiger charge is 2.06. The molecule has 27 heavy (non-hydrogen) atoms. The number of carboxylic acid groups (broad SMARTS) is 1. The summed E-state index contributed by atoms with van der Waals surface area (Å²) in [6.07, 6.45) is -0.989. The topological polar surface area (TPSA) is 150 Å². The van der Waals surface area contributed by atoms with Crippen LogP contribution in [0.1, 0.15) is 47.0 Å². The van der Waals surface area contributed by atoms with Crippen molar-refractivity contribution in [2.24, 2.45) is 0 Å². The van der Waals surface area contributed by atoms with Gasteiger partial charge in [0, 0.05) is 0 Å². The van der Waals surface area contributed by atoms with E-state index in [4.69, 9.17) is 16.7 Å². The summed E-state index contributed by atoms with van der Waals surface area (Å²) >= 11 is 4.87. The van der Waals surface area contributed by atoms with E-state index in [1.165, 1.54) is 6.92 Å². The van der Waals surface area contributed by atoms with Gasteiger partial charge < -0.3 is 19.3 Å². The molecule has 1 N–H and O–H groups in total. The molecule has 0 atom stereocenters. The summed E-state index contributed by atoms with van der Waals surface area (Å²) in [5.74, 6) is -3.02. The first-order valence-electron chi connectivity index (χ1n) is 7.86. The number of hydrogen-bond donors (Lipinski definition) is 1. The molecule has 0 bridgehead atoms. The fourth-order valence-corrected chi connectivity index (χ4v) is 1.19. The normalized spacial score (nSPS) is 8.63. The minimum Gasteiger partial charge on any atom is -0.481 e. The molecule has 0 aromatic rings. The first-order valence-corrected chi connectivity index (χ1v) is 8.24. The maximum absolute atomic E-state index is 10.4. The molecule has 0 aliphatic carbocycles. The zero-order valence-corrected chi connectivity index (χ0v) is 16.5. The molecule has 0 saturated heterocycles. The third kappa shape index (κ3) is 31.7. The lowest BCUT2D eigenvalue weighted by Crippen LogP contribution is -2.09. The van der Waals surface area contributed by atoms with Crippen LogP contribution in [0.2, 0.25) is 0 Å². The minimum atomic E-state index is -1.16. The Labute approximate surface area is 162 Å². The van der Waals surface area contributed by atoms with E-state index in [1.54, 1.807) is 20.8 Å². The van der Waals surface area contributed by atoms with E-state index < -0.39 is 35.5 Å². The maximum atomic E-state index is 10.4. The van der Waals surface area contributed by atoms with Crippen LogP contribution in [0.4, 0.5) is 0 Å². The lowest BCUT2D eigenvalue weighted by Gasteiger charge is -1.96. The number of halogens is 1. The zero-order chi connectivity index (χ0) is 21.8. The lowest BCUT2D eigenvalue weighted by molar-refractivity contribution is -0.151. The summed E-state index contributed by atoms with van der Waals surface area (Å²) in [6.45, 7) is 7.20. The molecule has 0 aromatic carbocycles. The van der Waals surface area contributed by atoms with Gasteiger partial charge >= 0.3 is 23.9 Å². The van der Waals surface area contributed by atoms with Crippen LogP contribution in [0, 0.1) is 0 Å². The van der Waals surface area contributed by atoms with Crippen molar-refractivity contribution in [3.8, 4) is 0 Å². The molecule has 0 heterocycles. The number of Topliss-reactive ketones (excluding diaryl/α,β-unsaturated/α-hetero) is 1. The van der Waals surface area contributed by atoms with Crippen molar-refractivity contribution < 1.29 is 48.1 Å². The van der Waals surface area contributed by atoms with Crippen LogP contribution >= 0.6 is 11.6 Å². The minimum absolute atomic E-state index is 0.103. The van der Waals surface area contributed by atoms with Crippen molar-refractivity contribution in [2.75, 3.05) is 19.8 Å². The monoisotopic (exact) mass is 412 g/mol. The number of ketones is 1. The zero-order valence-electron chi connectivity index (χ0n) is 15.7. The Balaban J connectivity index is -0.000000320. The third-order valence-corrected chi connectivity index (χ3v) is 2.02. The number of ether oxygens (including phenoxy) is 3. The summed E-state index contributed by atoms with van der Waals surface area (Å²) in [5, 5.41) is 7.32. The fourth-order valence-electron chi connectivity index (χ4n) is 1.08. The highest BCUT2D eigenvalue weighted by molar-refractivity contribution is 6.64.